The molecule has 0 radical (unpaired) electrons. The zero-order valence-electron chi connectivity index (χ0n) is 21.6. The minimum atomic E-state index is -1.54. The maximum atomic E-state index is 13.1. The third-order valence-corrected chi connectivity index (χ3v) is 5.67. The summed E-state index contributed by atoms with van der Waals surface area (Å²) < 4.78 is 0. The predicted molar refractivity (Wildman–Crippen MR) is 137 cm³/mol. The molecule has 0 saturated carbocycles. The summed E-state index contributed by atoms with van der Waals surface area (Å²) in [4.78, 5) is 68.5. The quantitative estimate of drug-likeness (QED) is 0.140. The van der Waals surface area contributed by atoms with Gasteiger partial charge in [-0.15, -0.1) is 0 Å². The van der Waals surface area contributed by atoms with Gasteiger partial charge in [-0.1, -0.05) is 26.0 Å². The molecule has 1 aromatic heterocycles. The number of aromatic amines is 1. The Balaban J connectivity index is 2.13. The lowest BCUT2D eigenvalue weighted by Gasteiger charge is -2.25. The Morgan fingerprint density at radius 1 is 0.897 bits per heavy atom. The molecule has 0 aliphatic carbocycles. The van der Waals surface area contributed by atoms with E-state index in [2.05, 4.69) is 25.9 Å². The molecular weight excluding hydrogens is 512 g/mol. The molecular formula is C25H34N6O8. The van der Waals surface area contributed by atoms with Gasteiger partial charge in [0.1, 0.15) is 23.9 Å². The van der Waals surface area contributed by atoms with Gasteiger partial charge in [-0.25, -0.2) is 9.78 Å². The lowest BCUT2D eigenvalue weighted by atomic mass is 10.0. The van der Waals surface area contributed by atoms with Gasteiger partial charge in [-0.05, 0) is 30.0 Å². The van der Waals surface area contributed by atoms with Crippen LogP contribution in [0.25, 0.3) is 0 Å². The van der Waals surface area contributed by atoms with Gasteiger partial charge in [-0.2, -0.15) is 0 Å². The molecule has 4 unspecified atom stereocenters. The van der Waals surface area contributed by atoms with Gasteiger partial charge >= 0.3 is 11.9 Å². The summed E-state index contributed by atoms with van der Waals surface area (Å²) in [5.41, 5.74) is 6.99. The van der Waals surface area contributed by atoms with Crippen molar-refractivity contribution >= 4 is 29.7 Å². The summed E-state index contributed by atoms with van der Waals surface area (Å²) in [6.07, 6.45) is 2.17. The van der Waals surface area contributed by atoms with Gasteiger partial charge in [-0.3, -0.25) is 19.2 Å². The topological polar surface area (TPSA) is 237 Å². The Hall–Kier alpha value is -4.46. The number of phenols is 1. The molecule has 0 fully saturated rings. The van der Waals surface area contributed by atoms with Crippen molar-refractivity contribution in [2.24, 2.45) is 11.7 Å². The Morgan fingerprint density at radius 3 is 2.03 bits per heavy atom. The number of hydrogen-bond acceptors (Lipinski definition) is 8. The van der Waals surface area contributed by atoms with Crippen molar-refractivity contribution < 1.29 is 39.3 Å². The number of imidazole rings is 1. The molecule has 1 heterocycles. The maximum Gasteiger partial charge on any atom is 0.326 e. The first-order valence-corrected chi connectivity index (χ1v) is 12.2. The number of nitrogens with two attached hydrogens (primary N) is 1. The molecule has 2 aromatic rings. The number of H-pyrrole nitrogens is 1. The molecule has 0 bridgehead atoms. The van der Waals surface area contributed by atoms with Crippen molar-refractivity contribution in [3.05, 3.63) is 48.0 Å². The minimum Gasteiger partial charge on any atom is -0.508 e. The average molecular weight is 547 g/mol. The summed E-state index contributed by atoms with van der Waals surface area (Å²) in [6.45, 7) is 3.56. The first kappa shape index (κ1) is 30.8. The van der Waals surface area contributed by atoms with Crippen LogP contribution in [0, 0.1) is 5.92 Å². The number of carbonyl (C=O) groups excluding carboxylic acids is 3. The third kappa shape index (κ3) is 10.4. The van der Waals surface area contributed by atoms with Crippen molar-refractivity contribution in [3.63, 3.8) is 0 Å². The lowest BCUT2D eigenvalue weighted by molar-refractivity contribution is -0.143. The number of nitrogens with zero attached hydrogens (tertiary/aromatic N) is 1. The molecule has 4 atom stereocenters. The van der Waals surface area contributed by atoms with Crippen molar-refractivity contribution in [1.82, 2.24) is 25.9 Å². The summed E-state index contributed by atoms with van der Waals surface area (Å²) >= 11 is 0. The van der Waals surface area contributed by atoms with E-state index < -0.39 is 60.2 Å². The molecule has 14 nitrogen and oxygen atoms in total. The number of hydrogen-bond donors (Lipinski definition) is 8. The standard InChI is InChI=1S/C25H34N6O8/c1-13(2)7-18(23(36)31-20(25(38)39)8-14-3-5-16(32)6-4-14)30-24(37)19(10-21(33)34)29-22(35)17(26)9-15-11-27-12-28-15/h3-6,11-13,17-20,32H,7-10,26H2,1-2H3,(H,27,28)(H,29,35)(H,30,37)(H,31,36)(H,33,34)(H,38,39). The van der Waals surface area contributed by atoms with E-state index in [1.165, 1.54) is 36.8 Å². The first-order valence-electron chi connectivity index (χ1n) is 12.2. The number of phenolic OH excluding ortho intramolecular Hbond substituents is 1. The number of aliphatic carboxylic acids is 2. The van der Waals surface area contributed by atoms with Crippen molar-refractivity contribution in [3.8, 4) is 5.75 Å². The predicted octanol–water partition coefficient (Wildman–Crippen LogP) is -0.712. The number of benzene rings is 1. The van der Waals surface area contributed by atoms with Crippen LogP contribution >= 0.6 is 0 Å². The second-order valence-corrected chi connectivity index (χ2v) is 9.51. The number of rotatable bonds is 15. The van der Waals surface area contributed by atoms with Crippen LogP contribution in [0.3, 0.4) is 0 Å². The fourth-order valence-electron chi connectivity index (χ4n) is 3.70. The Kier molecular flexibility index (Phi) is 11.4. The van der Waals surface area contributed by atoms with Crippen LogP contribution in [0.5, 0.6) is 5.75 Å². The summed E-state index contributed by atoms with van der Waals surface area (Å²) in [6, 6.07) is 0.584. The van der Waals surface area contributed by atoms with E-state index in [1.54, 1.807) is 13.8 Å². The molecule has 3 amide bonds. The Morgan fingerprint density at radius 2 is 1.49 bits per heavy atom. The van der Waals surface area contributed by atoms with Crippen LogP contribution < -0.4 is 21.7 Å². The fourth-order valence-corrected chi connectivity index (χ4v) is 3.70. The van der Waals surface area contributed by atoms with E-state index in [0.717, 1.165) is 0 Å². The summed E-state index contributed by atoms with van der Waals surface area (Å²) in [7, 11) is 0. The minimum absolute atomic E-state index is 0.000333. The number of amides is 3. The lowest BCUT2D eigenvalue weighted by Crippen LogP contribution is -2.58. The van der Waals surface area contributed by atoms with E-state index >= 15 is 0 Å². The number of nitrogens with one attached hydrogen (secondary N) is 4. The van der Waals surface area contributed by atoms with Crippen LogP contribution in [-0.4, -0.2) is 79.1 Å². The monoisotopic (exact) mass is 546 g/mol. The molecule has 0 aliphatic rings. The largest absolute Gasteiger partial charge is 0.508 e. The smallest absolute Gasteiger partial charge is 0.326 e. The highest BCUT2D eigenvalue weighted by Gasteiger charge is 2.32. The molecule has 0 aliphatic heterocycles. The third-order valence-electron chi connectivity index (χ3n) is 5.67. The van der Waals surface area contributed by atoms with E-state index in [9.17, 15) is 39.3 Å². The van der Waals surface area contributed by atoms with Crippen molar-refractivity contribution in [2.45, 2.75) is 63.7 Å². The van der Waals surface area contributed by atoms with Crippen LogP contribution in [0.4, 0.5) is 0 Å². The highest BCUT2D eigenvalue weighted by molar-refractivity contribution is 5.95. The molecule has 9 N–H and O–H groups in total. The van der Waals surface area contributed by atoms with Crippen LogP contribution in [-0.2, 0) is 36.8 Å². The van der Waals surface area contributed by atoms with Gasteiger partial charge in [0.15, 0.2) is 0 Å². The number of aromatic nitrogens is 2. The highest BCUT2D eigenvalue weighted by atomic mass is 16.4. The number of carboxylic acids is 2. The SMILES string of the molecule is CC(C)CC(NC(=O)C(CC(=O)O)NC(=O)C(N)Cc1cnc[nH]1)C(=O)NC(Cc1ccc(O)cc1)C(=O)O. The Bertz CT molecular complexity index is 1140. The highest BCUT2D eigenvalue weighted by Crippen LogP contribution is 2.12. The van der Waals surface area contributed by atoms with Crippen LogP contribution in [0.15, 0.2) is 36.8 Å². The van der Waals surface area contributed by atoms with E-state index in [1.807, 2.05) is 0 Å². The van der Waals surface area contributed by atoms with Gasteiger partial charge in [0.25, 0.3) is 0 Å². The van der Waals surface area contributed by atoms with Gasteiger partial charge in [0, 0.05) is 24.7 Å². The molecule has 39 heavy (non-hydrogen) atoms. The second kappa shape index (κ2) is 14.5. The zero-order valence-corrected chi connectivity index (χ0v) is 21.6. The summed E-state index contributed by atoms with van der Waals surface area (Å²) in [5.74, 6) is -5.31. The first-order chi connectivity index (χ1) is 18.3. The van der Waals surface area contributed by atoms with Gasteiger partial charge < -0.3 is 42.0 Å². The number of aromatic hydroxyl groups is 1. The van der Waals surface area contributed by atoms with E-state index in [-0.39, 0.29) is 30.9 Å². The van der Waals surface area contributed by atoms with Gasteiger partial charge in [0.05, 0.1) is 18.8 Å². The average Bonchev–Trinajstić information content (AvgIpc) is 3.36. The Labute approximate surface area is 224 Å². The molecule has 14 heteroatoms. The number of carboxylic acid groups (broad SMARTS) is 2. The summed E-state index contributed by atoms with van der Waals surface area (Å²) in [5, 5.41) is 35.5. The fraction of sp³-hybridized carbons (Fsp3) is 0.440. The van der Waals surface area contributed by atoms with Crippen LogP contribution in [0.2, 0.25) is 0 Å². The molecule has 1 aromatic carbocycles. The molecule has 0 spiro atoms. The number of carbonyl (C=O) groups is 5. The van der Waals surface area contributed by atoms with Crippen molar-refractivity contribution in [2.75, 3.05) is 0 Å². The van der Waals surface area contributed by atoms with Gasteiger partial charge in [0.2, 0.25) is 17.7 Å². The van der Waals surface area contributed by atoms with E-state index in [4.69, 9.17) is 5.73 Å². The van der Waals surface area contributed by atoms with Crippen LogP contribution in [0.1, 0.15) is 37.9 Å². The molecule has 212 valence electrons. The second-order valence-electron chi connectivity index (χ2n) is 9.51. The zero-order chi connectivity index (χ0) is 29.1. The molecule has 0 saturated heterocycles. The van der Waals surface area contributed by atoms with E-state index in [0.29, 0.717) is 11.3 Å². The maximum absolute atomic E-state index is 13.1. The normalized spacial score (nSPS) is 14.1. The van der Waals surface area contributed by atoms with Crippen molar-refractivity contribution in [1.29, 1.82) is 0 Å². The molecule has 2 rings (SSSR count).